The summed E-state index contributed by atoms with van der Waals surface area (Å²) in [5.74, 6) is 1.82. The molecule has 0 aromatic rings. The molecule has 0 aromatic heterocycles. The minimum absolute atomic E-state index is 0.415. The number of carbonyl (C=O) groups excluding carboxylic acids is 1. The number of carbonyl (C=O) groups is 1. The normalized spacial score (nSPS) is 22.4. The van der Waals surface area contributed by atoms with Gasteiger partial charge in [0.05, 0.1) is 0 Å². The average molecular weight is 295 g/mol. The summed E-state index contributed by atoms with van der Waals surface area (Å²) in [6.45, 7) is 4.55. The summed E-state index contributed by atoms with van der Waals surface area (Å²) < 4.78 is 0. The Labute approximate surface area is 133 Å². The van der Waals surface area contributed by atoms with Gasteiger partial charge in [-0.1, -0.05) is 84.5 Å². The number of unbranched alkanes of at least 4 members (excludes halogenated alkanes) is 8. The lowest BCUT2D eigenvalue weighted by molar-refractivity contribution is -0.124. The highest BCUT2D eigenvalue weighted by Gasteiger charge is 2.25. The predicted octanol–water partition coefficient (Wildman–Crippen LogP) is 6.69. The molecule has 21 heavy (non-hydrogen) atoms. The van der Waals surface area contributed by atoms with Crippen molar-refractivity contribution >= 4 is 5.78 Å². The van der Waals surface area contributed by atoms with Crippen molar-refractivity contribution < 1.29 is 4.79 Å². The average Bonchev–Trinajstić information content (AvgIpc) is 2.53. The Morgan fingerprint density at radius 3 is 2.10 bits per heavy atom. The fraction of sp³-hybridized carbons (Fsp3) is 0.950. The van der Waals surface area contributed by atoms with Gasteiger partial charge in [0.2, 0.25) is 0 Å². The third-order valence-corrected chi connectivity index (χ3v) is 5.34. The molecule has 0 aromatic carbocycles. The zero-order valence-corrected chi connectivity index (χ0v) is 14.7. The van der Waals surface area contributed by atoms with Crippen LogP contribution >= 0.6 is 0 Å². The lowest BCUT2D eigenvalue weighted by Gasteiger charge is -2.27. The molecule has 0 aliphatic heterocycles. The van der Waals surface area contributed by atoms with Crippen molar-refractivity contribution in [1.29, 1.82) is 0 Å². The van der Waals surface area contributed by atoms with Crippen LogP contribution in [0.1, 0.15) is 110 Å². The van der Waals surface area contributed by atoms with Crippen molar-refractivity contribution in [2.45, 2.75) is 110 Å². The second kappa shape index (κ2) is 12.2. The summed E-state index contributed by atoms with van der Waals surface area (Å²) in [6.07, 6.45) is 19.2. The zero-order chi connectivity index (χ0) is 15.3. The fourth-order valence-corrected chi connectivity index (χ4v) is 3.77. The number of Topliss-reactive ketones (excluding diaryl/α,β-unsaturated/α-hetero) is 1. The maximum absolute atomic E-state index is 12.3. The van der Waals surface area contributed by atoms with Gasteiger partial charge < -0.3 is 0 Å². The number of hydrogen-bond acceptors (Lipinski definition) is 1. The van der Waals surface area contributed by atoms with Gasteiger partial charge in [-0.3, -0.25) is 4.79 Å². The molecule has 2 atom stereocenters. The molecule has 0 radical (unpaired) electrons. The van der Waals surface area contributed by atoms with Gasteiger partial charge in [-0.25, -0.2) is 0 Å². The minimum Gasteiger partial charge on any atom is -0.299 e. The van der Waals surface area contributed by atoms with E-state index < -0.39 is 0 Å². The van der Waals surface area contributed by atoms with Gasteiger partial charge in [0.15, 0.2) is 0 Å². The molecule has 0 heterocycles. The van der Waals surface area contributed by atoms with Crippen molar-refractivity contribution in [2.75, 3.05) is 0 Å². The van der Waals surface area contributed by atoms with E-state index in [4.69, 9.17) is 0 Å². The van der Waals surface area contributed by atoms with Crippen LogP contribution < -0.4 is 0 Å². The van der Waals surface area contributed by atoms with Gasteiger partial charge in [0.1, 0.15) is 5.78 Å². The molecule has 1 heteroatoms. The molecule has 2 unspecified atom stereocenters. The second-order valence-electron chi connectivity index (χ2n) is 7.18. The standard InChI is InChI=1S/C20H38O/c1-3-5-6-7-8-9-10-11-12-16-20(21)19-15-13-14-18(4-2)17-19/h18-19H,3-17H2,1-2H3. The molecule has 0 N–H and O–H groups in total. The van der Waals surface area contributed by atoms with E-state index in [1.54, 1.807) is 0 Å². The Hall–Kier alpha value is -0.330. The zero-order valence-electron chi connectivity index (χ0n) is 14.7. The Morgan fingerprint density at radius 2 is 1.48 bits per heavy atom. The lowest BCUT2D eigenvalue weighted by atomic mass is 9.77. The Kier molecular flexibility index (Phi) is 10.9. The highest BCUT2D eigenvalue weighted by molar-refractivity contribution is 5.81. The molecule has 0 bridgehead atoms. The summed E-state index contributed by atoms with van der Waals surface area (Å²) in [5, 5.41) is 0. The monoisotopic (exact) mass is 294 g/mol. The van der Waals surface area contributed by atoms with E-state index in [0.29, 0.717) is 11.7 Å². The van der Waals surface area contributed by atoms with E-state index in [9.17, 15) is 4.79 Å². The summed E-state index contributed by atoms with van der Waals surface area (Å²) in [7, 11) is 0. The van der Waals surface area contributed by atoms with Gasteiger partial charge in [-0.2, -0.15) is 0 Å². The summed E-state index contributed by atoms with van der Waals surface area (Å²) in [4.78, 5) is 12.3. The van der Waals surface area contributed by atoms with Crippen LogP contribution in [0.2, 0.25) is 0 Å². The molecule has 1 nitrogen and oxygen atoms in total. The first-order valence-corrected chi connectivity index (χ1v) is 9.80. The van der Waals surface area contributed by atoms with E-state index in [2.05, 4.69) is 13.8 Å². The van der Waals surface area contributed by atoms with Crippen molar-refractivity contribution in [3.05, 3.63) is 0 Å². The summed E-state index contributed by atoms with van der Waals surface area (Å²) >= 11 is 0. The maximum Gasteiger partial charge on any atom is 0.135 e. The largest absolute Gasteiger partial charge is 0.299 e. The van der Waals surface area contributed by atoms with Crippen LogP contribution in [0, 0.1) is 11.8 Å². The highest BCUT2D eigenvalue weighted by atomic mass is 16.1. The predicted molar refractivity (Wildman–Crippen MR) is 92.6 cm³/mol. The van der Waals surface area contributed by atoms with E-state index >= 15 is 0 Å². The van der Waals surface area contributed by atoms with Crippen LogP contribution in [0.25, 0.3) is 0 Å². The molecule has 0 spiro atoms. The molecule has 0 saturated heterocycles. The molecule has 1 fully saturated rings. The van der Waals surface area contributed by atoms with Gasteiger partial charge >= 0.3 is 0 Å². The lowest BCUT2D eigenvalue weighted by Crippen LogP contribution is -2.22. The quantitative estimate of drug-likeness (QED) is 0.366. The van der Waals surface area contributed by atoms with Crippen molar-refractivity contribution in [3.63, 3.8) is 0 Å². The first kappa shape index (κ1) is 18.7. The molecule has 1 aliphatic rings. The van der Waals surface area contributed by atoms with Gasteiger partial charge in [0.25, 0.3) is 0 Å². The maximum atomic E-state index is 12.3. The van der Waals surface area contributed by atoms with E-state index in [1.807, 2.05) is 0 Å². The topological polar surface area (TPSA) is 17.1 Å². The molecular formula is C20H38O. The van der Waals surface area contributed by atoms with Crippen LogP contribution in [0.4, 0.5) is 0 Å². The van der Waals surface area contributed by atoms with Crippen LogP contribution in [0.5, 0.6) is 0 Å². The van der Waals surface area contributed by atoms with Crippen LogP contribution in [-0.4, -0.2) is 5.78 Å². The van der Waals surface area contributed by atoms with Crippen molar-refractivity contribution in [2.24, 2.45) is 11.8 Å². The first-order chi connectivity index (χ1) is 10.3. The fourth-order valence-electron chi connectivity index (χ4n) is 3.77. The third-order valence-electron chi connectivity index (χ3n) is 5.34. The number of hydrogen-bond donors (Lipinski definition) is 0. The molecule has 1 rings (SSSR count). The van der Waals surface area contributed by atoms with Crippen LogP contribution in [0.3, 0.4) is 0 Å². The van der Waals surface area contributed by atoms with Gasteiger partial charge in [-0.15, -0.1) is 0 Å². The summed E-state index contributed by atoms with van der Waals surface area (Å²) in [6, 6.07) is 0. The summed E-state index contributed by atoms with van der Waals surface area (Å²) in [5.41, 5.74) is 0. The molecule has 124 valence electrons. The third kappa shape index (κ3) is 8.63. The smallest absolute Gasteiger partial charge is 0.135 e. The van der Waals surface area contributed by atoms with E-state index in [-0.39, 0.29) is 0 Å². The van der Waals surface area contributed by atoms with E-state index in [1.165, 1.54) is 83.5 Å². The highest BCUT2D eigenvalue weighted by Crippen LogP contribution is 2.32. The number of rotatable bonds is 12. The van der Waals surface area contributed by atoms with Crippen LogP contribution in [0.15, 0.2) is 0 Å². The van der Waals surface area contributed by atoms with Crippen molar-refractivity contribution in [1.82, 2.24) is 0 Å². The number of ketones is 1. The SMILES string of the molecule is CCCCCCCCCCCC(=O)C1CCCC(CC)C1. The molecule has 1 saturated carbocycles. The van der Waals surface area contributed by atoms with Crippen molar-refractivity contribution in [3.8, 4) is 0 Å². The van der Waals surface area contributed by atoms with Crippen LogP contribution in [-0.2, 0) is 4.79 Å². The van der Waals surface area contributed by atoms with Gasteiger partial charge in [0, 0.05) is 12.3 Å². The van der Waals surface area contributed by atoms with Gasteiger partial charge in [-0.05, 0) is 25.2 Å². The molecule has 0 amide bonds. The van der Waals surface area contributed by atoms with E-state index in [0.717, 1.165) is 18.8 Å². The minimum atomic E-state index is 0.415. The first-order valence-electron chi connectivity index (χ1n) is 9.80. The Morgan fingerprint density at radius 1 is 0.857 bits per heavy atom. The Balaban J connectivity index is 1.96. The molecule has 1 aliphatic carbocycles. The Bertz CT molecular complexity index is 259. The molecular weight excluding hydrogens is 256 g/mol. The second-order valence-corrected chi connectivity index (χ2v) is 7.18.